The number of aromatic nitrogens is 1. The first-order valence-corrected chi connectivity index (χ1v) is 10.0. The summed E-state index contributed by atoms with van der Waals surface area (Å²) < 4.78 is 2.67. The van der Waals surface area contributed by atoms with Crippen LogP contribution in [0.5, 0.6) is 0 Å². The number of nitrogens with zero attached hydrogens (tertiary/aromatic N) is 1. The second kappa shape index (κ2) is 6.53. The molecule has 0 amide bonds. The number of rotatable bonds is 5. The number of benzene rings is 1. The van der Waals surface area contributed by atoms with Gasteiger partial charge in [0.15, 0.2) is 0 Å². The molecule has 2 atom stereocenters. The average Bonchev–Trinajstić information content (AvgIpc) is 2.92. The molecular formula is C21H33N3+2. The van der Waals surface area contributed by atoms with E-state index in [2.05, 4.69) is 43.5 Å². The van der Waals surface area contributed by atoms with E-state index in [0.29, 0.717) is 0 Å². The Morgan fingerprint density at radius 2 is 2.08 bits per heavy atom. The summed E-state index contributed by atoms with van der Waals surface area (Å²) in [7, 11) is 0. The number of nitrogens with one attached hydrogen (secondary N) is 2. The highest BCUT2D eigenvalue weighted by Gasteiger charge is 2.37. The van der Waals surface area contributed by atoms with Crippen molar-refractivity contribution in [2.75, 3.05) is 32.7 Å². The molecule has 1 unspecified atom stereocenters. The van der Waals surface area contributed by atoms with Gasteiger partial charge in [-0.25, -0.2) is 0 Å². The highest BCUT2D eigenvalue weighted by atomic mass is 15.3. The molecule has 1 aromatic heterocycles. The maximum atomic E-state index is 2.67. The third-order valence-corrected chi connectivity index (χ3v) is 6.57. The van der Waals surface area contributed by atoms with Gasteiger partial charge in [-0.15, -0.1) is 0 Å². The molecule has 0 fully saturated rings. The van der Waals surface area contributed by atoms with Crippen LogP contribution in [-0.4, -0.2) is 37.3 Å². The molecule has 2 aromatic rings. The fraction of sp³-hybridized carbons (Fsp3) is 0.619. The number of quaternary nitrogens is 2. The molecule has 24 heavy (non-hydrogen) atoms. The van der Waals surface area contributed by atoms with E-state index in [-0.39, 0.29) is 0 Å². The summed E-state index contributed by atoms with van der Waals surface area (Å²) in [4.78, 5) is 3.60. The van der Waals surface area contributed by atoms with Crippen LogP contribution in [0.25, 0.3) is 10.9 Å². The van der Waals surface area contributed by atoms with E-state index in [4.69, 9.17) is 0 Å². The molecule has 2 aliphatic rings. The van der Waals surface area contributed by atoms with E-state index in [0.717, 1.165) is 6.04 Å². The van der Waals surface area contributed by atoms with Crippen molar-refractivity contribution < 1.29 is 9.80 Å². The molecule has 0 radical (unpaired) electrons. The van der Waals surface area contributed by atoms with Crippen molar-refractivity contribution in [3.8, 4) is 0 Å². The predicted octanol–water partition coefficient (Wildman–Crippen LogP) is 1.15. The molecule has 0 bridgehead atoms. The summed E-state index contributed by atoms with van der Waals surface area (Å²) in [6.45, 7) is 14.6. The van der Waals surface area contributed by atoms with E-state index >= 15 is 0 Å². The monoisotopic (exact) mass is 327 g/mol. The molecule has 130 valence electrons. The molecule has 1 aromatic carbocycles. The van der Waals surface area contributed by atoms with Crippen LogP contribution in [0.2, 0.25) is 0 Å². The second-order valence-corrected chi connectivity index (χ2v) is 7.85. The van der Waals surface area contributed by atoms with Crippen LogP contribution in [0.1, 0.15) is 49.6 Å². The van der Waals surface area contributed by atoms with Gasteiger partial charge >= 0.3 is 0 Å². The third-order valence-electron chi connectivity index (χ3n) is 6.57. The highest BCUT2D eigenvalue weighted by Crippen LogP contribution is 2.37. The van der Waals surface area contributed by atoms with Crippen LogP contribution >= 0.6 is 0 Å². The Kier molecular flexibility index (Phi) is 4.40. The number of likely N-dealkylation sites (N-methyl/N-ethyl adjacent to an activating group) is 1. The summed E-state index contributed by atoms with van der Waals surface area (Å²) in [5, 5.41) is 1.55. The maximum absolute atomic E-state index is 2.67. The van der Waals surface area contributed by atoms with Crippen molar-refractivity contribution in [2.24, 2.45) is 0 Å². The van der Waals surface area contributed by atoms with E-state index < -0.39 is 0 Å². The summed E-state index contributed by atoms with van der Waals surface area (Å²) in [6.07, 6.45) is 4.03. The Labute approximate surface area is 146 Å². The summed E-state index contributed by atoms with van der Waals surface area (Å²) in [5.41, 5.74) is 6.26. The van der Waals surface area contributed by atoms with Crippen LogP contribution in [0.15, 0.2) is 18.2 Å². The fourth-order valence-corrected chi connectivity index (χ4v) is 5.15. The van der Waals surface area contributed by atoms with Gasteiger partial charge in [0.05, 0.1) is 31.9 Å². The summed E-state index contributed by atoms with van der Waals surface area (Å²) in [5.74, 6) is 0. The molecule has 1 aliphatic heterocycles. The molecule has 2 heterocycles. The highest BCUT2D eigenvalue weighted by molar-refractivity contribution is 5.86. The zero-order valence-electron chi connectivity index (χ0n) is 15.6. The summed E-state index contributed by atoms with van der Waals surface area (Å²) in [6, 6.07) is 7.82. The average molecular weight is 328 g/mol. The minimum atomic E-state index is 0.741. The first-order chi connectivity index (χ1) is 11.7. The Balaban J connectivity index is 1.67. The zero-order chi connectivity index (χ0) is 16.7. The molecule has 3 nitrogen and oxygen atoms in total. The van der Waals surface area contributed by atoms with Crippen molar-refractivity contribution in [1.82, 2.24) is 4.57 Å². The second-order valence-electron chi connectivity index (χ2n) is 7.85. The Hall–Kier alpha value is -1.32. The van der Waals surface area contributed by atoms with Gasteiger partial charge < -0.3 is 14.4 Å². The smallest absolute Gasteiger partial charge is 0.129 e. The topological polar surface area (TPSA) is 13.8 Å². The quantitative estimate of drug-likeness (QED) is 0.818. The summed E-state index contributed by atoms with van der Waals surface area (Å²) >= 11 is 0. The van der Waals surface area contributed by atoms with Gasteiger partial charge in [-0.3, -0.25) is 0 Å². The Bertz CT molecular complexity index is 726. The van der Waals surface area contributed by atoms with Gasteiger partial charge in [0.1, 0.15) is 19.1 Å². The van der Waals surface area contributed by atoms with Crippen LogP contribution in [0, 0.1) is 6.92 Å². The van der Waals surface area contributed by atoms with Crippen LogP contribution in [-0.2, 0) is 13.0 Å². The van der Waals surface area contributed by atoms with Crippen molar-refractivity contribution in [2.45, 2.75) is 52.6 Å². The predicted molar refractivity (Wildman–Crippen MR) is 100.0 cm³/mol. The maximum Gasteiger partial charge on any atom is 0.129 e. The van der Waals surface area contributed by atoms with Crippen molar-refractivity contribution >= 4 is 10.9 Å². The number of hydrogen-bond donors (Lipinski definition) is 2. The van der Waals surface area contributed by atoms with Crippen LogP contribution < -0.4 is 9.80 Å². The molecule has 1 aliphatic carbocycles. The molecule has 0 saturated carbocycles. The molecule has 2 N–H and O–H groups in total. The minimum Gasteiger partial charge on any atom is -0.334 e. The number of hydrogen-bond acceptors (Lipinski definition) is 0. The lowest BCUT2D eigenvalue weighted by molar-refractivity contribution is -0.976. The molecular weight excluding hydrogens is 294 g/mol. The SMILES string of the molecule is CC[NH+](CC)CC[NH+]1CCn2c3c(c4cc(C)ccc42)CCC[C@@H]31. The lowest BCUT2D eigenvalue weighted by atomic mass is 9.89. The Morgan fingerprint density at radius 3 is 2.88 bits per heavy atom. The molecule has 4 rings (SSSR count). The fourth-order valence-electron chi connectivity index (χ4n) is 5.15. The number of fused-ring (bicyclic) bond motifs is 3. The lowest BCUT2D eigenvalue weighted by Gasteiger charge is -2.37. The van der Waals surface area contributed by atoms with Crippen molar-refractivity contribution in [3.05, 3.63) is 35.0 Å². The van der Waals surface area contributed by atoms with Crippen molar-refractivity contribution in [1.29, 1.82) is 0 Å². The lowest BCUT2D eigenvalue weighted by Crippen LogP contribution is -3.20. The third kappa shape index (κ3) is 2.58. The van der Waals surface area contributed by atoms with Gasteiger partial charge in [-0.1, -0.05) is 11.6 Å². The minimum absolute atomic E-state index is 0.741. The van der Waals surface area contributed by atoms with Crippen molar-refractivity contribution in [3.63, 3.8) is 0 Å². The molecule has 0 spiro atoms. The number of aryl methyl sites for hydroxylation is 2. The normalized spacial score (nSPS) is 23.0. The van der Waals surface area contributed by atoms with E-state index in [1.807, 2.05) is 4.90 Å². The first-order valence-electron chi connectivity index (χ1n) is 10.0. The first kappa shape index (κ1) is 16.2. The van der Waals surface area contributed by atoms with Gasteiger partial charge in [-0.05, 0) is 51.3 Å². The van der Waals surface area contributed by atoms with Gasteiger partial charge in [0, 0.05) is 17.3 Å². The van der Waals surface area contributed by atoms with Gasteiger partial charge in [-0.2, -0.15) is 0 Å². The van der Waals surface area contributed by atoms with Gasteiger partial charge in [0.2, 0.25) is 0 Å². The molecule has 3 heteroatoms. The standard InChI is InChI=1S/C21H31N3/c1-4-22(5-2)11-12-23-13-14-24-19-10-9-16(3)15-18(19)17-7-6-8-20(23)21(17)24/h9-10,15,20H,4-8,11-14H2,1-3H3/p+2/t20-/m0/s1. The van der Waals surface area contributed by atoms with Gasteiger partial charge in [0.25, 0.3) is 0 Å². The van der Waals surface area contributed by atoms with E-state index in [1.54, 1.807) is 21.5 Å². The molecule has 0 saturated heterocycles. The largest absolute Gasteiger partial charge is 0.334 e. The van der Waals surface area contributed by atoms with Crippen LogP contribution in [0.3, 0.4) is 0 Å². The van der Waals surface area contributed by atoms with E-state index in [9.17, 15) is 0 Å². The van der Waals surface area contributed by atoms with E-state index in [1.165, 1.54) is 69.6 Å². The Morgan fingerprint density at radius 1 is 1.25 bits per heavy atom. The van der Waals surface area contributed by atoms with Crippen LogP contribution in [0.4, 0.5) is 0 Å². The zero-order valence-corrected chi connectivity index (χ0v) is 15.6.